The van der Waals surface area contributed by atoms with E-state index < -0.39 is 29.2 Å². The van der Waals surface area contributed by atoms with Crippen molar-refractivity contribution in [3.05, 3.63) is 39.3 Å². The Morgan fingerprint density at radius 2 is 2.06 bits per heavy atom. The number of nitrogens with zero attached hydrogens (tertiary/aromatic N) is 1. The predicted octanol–water partition coefficient (Wildman–Crippen LogP) is 2.98. The van der Waals surface area contributed by atoms with Crippen LogP contribution in [0, 0.1) is 16.2 Å². The molecule has 7 nitrogen and oxygen atoms in total. The molecule has 0 spiro atoms. The molecule has 0 radical (unpaired) electrons. The van der Waals surface area contributed by atoms with Crippen LogP contribution in [0.3, 0.4) is 0 Å². The van der Waals surface area contributed by atoms with Gasteiger partial charge in [-0.25, -0.2) is 5.32 Å². The Bertz CT molecular complexity index is 890. The van der Waals surface area contributed by atoms with E-state index in [-0.39, 0.29) is 42.0 Å². The van der Waals surface area contributed by atoms with Crippen LogP contribution in [0.15, 0.2) is 18.2 Å². The third-order valence-corrected chi connectivity index (χ3v) is 7.01. The van der Waals surface area contributed by atoms with Crippen LogP contribution < -0.4 is 16.0 Å². The molecule has 3 unspecified atom stereocenters. The van der Waals surface area contributed by atoms with Crippen molar-refractivity contribution in [2.75, 3.05) is 26.2 Å². The minimum atomic E-state index is -4.63. The molecule has 2 saturated heterocycles. The predicted molar refractivity (Wildman–Crippen MR) is 111 cm³/mol. The van der Waals surface area contributed by atoms with Gasteiger partial charge in [0.25, 0.3) is 6.17 Å². The fourth-order valence-corrected chi connectivity index (χ4v) is 4.42. The van der Waals surface area contributed by atoms with E-state index in [0.29, 0.717) is 17.8 Å². The van der Waals surface area contributed by atoms with Gasteiger partial charge < -0.3 is 15.4 Å². The molecule has 1 aliphatic carbocycles. The highest BCUT2D eigenvalue weighted by Gasteiger charge is 2.49. The Hall–Kier alpha value is -1.75. The molecule has 1 saturated carbocycles. The average Bonchev–Trinajstić information content (AvgIpc) is 3.51. The number of rotatable bonds is 7. The molecule has 0 aromatic heterocycles. The number of alkyl halides is 3. The summed E-state index contributed by atoms with van der Waals surface area (Å²) in [5, 5.41) is 8.69. The van der Waals surface area contributed by atoms with Crippen molar-refractivity contribution < 1.29 is 27.5 Å². The number of carbonyl (C=O) groups is 1. The van der Waals surface area contributed by atoms with E-state index in [0.717, 1.165) is 31.4 Å². The lowest BCUT2D eigenvalue weighted by Crippen LogP contribution is -2.60. The van der Waals surface area contributed by atoms with Crippen LogP contribution in [-0.4, -0.2) is 49.2 Å². The van der Waals surface area contributed by atoms with Crippen LogP contribution in [0.5, 0.6) is 0 Å². The van der Waals surface area contributed by atoms with Crippen molar-refractivity contribution in [3.8, 4) is 0 Å². The van der Waals surface area contributed by atoms with Crippen LogP contribution in [0.25, 0.3) is 0 Å². The number of amides is 1. The van der Waals surface area contributed by atoms with Gasteiger partial charge in [0.15, 0.2) is 0 Å². The molecular weight excluding hydrogens is 449 g/mol. The second-order valence-corrected chi connectivity index (χ2v) is 9.25. The van der Waals surface area contributed by atoms with Crippen molar-refractivity contribution in [1.82, 2.24) is 16.0 Å². The minimum absolute atomic E-state index is 0.00582. The zero-order valence-corrected chi connectivity index (χ0v) is 18.4. The quantitative estimate of drug-likeness (QED) is 0.528. The van der Waals surface area contributed by atoms with E-state index >= 15 is 0 Å². The highest BCUT2D eigenvalue weighted by atomic mass is 35.5. The van der Waals surface area contributed by atoms with Gasteiger partial charge in [-0.3, -0.25) is 4.79 Å². The molecule has 4 rings (SSSR count). The van der Waals surface area contributed by atoms with Crippen LogP contribution in [0.2, 0.25) is 5.02 Å². The summed E-state index contributed by atoms with van der Waals surface area (Å²) in [7, 11) is 0. The molecule has 1 aromatic rings. The second kappa shape index (κ2) is 8.89. The van der Waals surface area contributed by atoms with E-state index in [1.807, 2.05) is 6.92 Å². The largest absolute Gasteiger partial charge is 0.417 e. The van der Waals surface area contributed by atoms with Gasteiger partial charge in [-0.2, -0.15) is 13.2 Å². The van der Waals surface area contributed by atoms with Gasteiger partial charge in [0, 0.05) is 40.3 Å². The summed E-state index contributed by atoms with van der Waals surface area (Å²) in [5.74, 6) is -0.369. The first kappa shape index (κ1) is 23.4. The van der Waals surface area contributed by atoms with E-state index in [1.54, 1.807) is 0 Å². The maximum atomic E-state index is 13.3. The fraction of sp³-hybridized carbons (Fsp3) is 0.667. The molecule has 1 aromatic carbocycles. The maximum Gasteiger partial charge on any atom is 0.417 e. The smallest absolute Gasteiger partial charge is 0.357 e. The van der Waals surface area contributed by atoms with Gasteiger partial charge in [-0.15, -0.1) is 0 Å². The van der Waals surface area contributed by atoms with Crippen molar-refractivity contribution in [1.29, 1.82) is 0 Å². The third-order valence-electron chi connectivity index (χ3n) is 6.68. The van der Waals surface area contributed by atoms with Gasteiger partial charge in [0.2, 0.25) is 12.5 Å². The molecule has 2 aliphatic heterocycles. The minimum Gasteiger partial charge on any atom is -0.357 e. The molecule has 3 fully saturated rings. The topological polar surface area (TPSA) is 82.5 Å². The molecule has 0 bridgehead atoms. The van der Waals surface area contributed by atoms with Crippen molar-refractivity contribution in [2.45, 2.75) is 50.9 Å². The van der Waals surface area contributed by atoms with Crippen LogP contribution >= 0.6 is 11.6 Å². The van der Waals surface area contributed by atoms with E-state index in [2.05, 4.69) is 16.0 Å². The normalized spacial score (nSPS) is 27.7. The summed E-state index contributed by atoms with van der Waals surface area (Å²) in [6.45, 7) is 3.54. The van der Waals surface area contributed by atoms with Crippen LogP contribution in [-0.2, 0) is 15.7 Å². The number of carbonyl (C=O) groups excluding carboxylic acids is 1. The van der Waals surface area contributed by atoms with Crippen molar-refractivity contribution in [3.63, 3.8) is 0 Å². The Kier molecular flexibility index (Phi) is 6.50. The molecular formula is C21H27ClF3N4O3+. The lowest BCUT2D eigenvalue weighted by molar-refractivity contribution is -0.622. The standard InChI is InChI=1S/C21H26ClF3N4O3/c1-2-20(5-6-20)19(30)27-8-13-11-29(31)17(28-18(13)32-14-9-26-10-14)12-3-4-16(22)15(7-12)21(23,24)25/h3-4,7,13-14,17-18,26,28H,2,5-6,8-11H2,1H3/p+1. The molecule has 3 atom stereocenters. The summed E-state index contributed by atoms with van der Waals surface area (Å²) in [6, 6.07) is 3.45. The number of ether oxygens (including phenoxy) is 1. The Balaban J connectivity index is 1.50. The van der Waals surface area contributed by atoms with Crippen molar-refractivity contribution in [2.24, 2.45) is 11.3 Å². The number of hydrogen-bond acceptors (Lipinski definition) is 5. The highest BCUT2D eigenvalue weighted by Crippen LogP contribution is 2.48. The van der Waals surface area contributed by atoms with Gasteiger partial charge >= 0.3 is 6.18 Å². The summed E-state index contributed by atoms with van der Waals surface area (Å²) in [5.41, 5.74) is -1.13. The summed E-state index contributed by atoms with van der Waals surface area (Å²) >= 11 is 5.72. The van der Waals surface area contributed by atoms with E-state index in [4.69, 9.17) is 16.3 Å². The van der Waals surface area contributed by atoms with Gasteiger partial charge in [0.05, 0.1) is 22.6 Å². The summed E-state index contributed by atoms with van der Waals surface area (Å²) < 4.78 is 46.7. The zero-order chi connectivity index (χ0) is 23.1. The van der Waals surface area contributed by atoms with E-state index in [1.165, 1.54) is 6.07 Å². The number of hydrogen-bond donors (Lipinski definition) is 3. The highest BCUT2D eigenvalue weighted by molar-refractivity contribution is 6.31. The first-order chi connectivity index (χ1) is 15.1. The SMILES string of the molecule is CCC1(C(=O)NCC2C[N+](=O)C(c3ccc(Cl)c(C(F)(F)F)c3)NC2OC2CNC2)CC1. The second-order valence-electron chi connectivity index (χ2n) is 8.85. The Labute approximate surface area is 189 Å². The Morgan fingerprint density at radius 3 is 2.62 bits per heavy atom. The summed E-state index contributed by atoms with van der Waals surface area (Å²) in [4.78, 5) is 25.4. The average molecular weight is 476 g/mol. The van der Waals surface area contributed by atoms with Gasteiger partial charge in [0.1, 0.15) is 6.23 Å². The van der Waals surface area contributed by atoms with Gasteiger partial charge in [-0.05, 0) is 37.5 Å². The van der Waals surface area contributed by atoms with Crippen LogP contribution in [0.4, 0.5) is 13.2 Å². The third kappa shape index (κ3) is 4.78. The molecule has 1 amide bonds. The van der Waals surface area contributed by atoms with Gasteiger partial charge in [-0.1, -0.05) is 18.5 Å². The molecule has 11 heteroatoms. The molecule has 2 heterocycles. The molecule has 32 heavy (non-hydrogen) atoms. The molecule has 3 N–H and O–H groups in total. The number of benzene rings is 1. The summed E-state index contributed by atoms with van der Waals surface area (Å²) in [6.07, 6.45) is -3.83. The lowest BCUT2D eigenvalue weighted by Gasteiger charge is -2.37. The molecule has 176 valence electrons. The Morgan fingerprint density at radius 1 is 1.34 bits per heavy atom. The number of nitrogens with one attached hydrogen (secondary N) is 3. The lowest BCUT2D eigenvalue weighted by atomic mass is 9.99. The fourth-order valence-electron chi connectivity index (χ4n) is 4.19. The number of halogens is 4. The maximum absolute atomic E-state index is 13.3. The van der Waals surface area contributed by atoms with Crippen molar-refractivity contribution >= 4 is 17.5 Å². The number of nitroso groups, excluding NO2 is 1. The first-order valence-electron chi connectivity index (χ1n) is 10.8. The van der Waals surface area contributed by atoms with Crippen LogP contribution in [0.1, 0.15) is 43.5 Å². The monoisotopic (exact) mass is 475 g/mol. The zero-order valence-electron chi connectivity index (χ0n) is 17.7. The van der Waals surface area contributed by atoms with E-state index in [9.17, 15) is 22.9 Å². The molecule has 3 aliphatic rings. The first-order valence-corrected chi connectivity index (χ1v) is 11.2.